The lowest BCUT2D eigenvalue weighted by atomic mass is 10.1. The summed E-state index contributed by atoms with van der Waals surface area (Å²) < 4.78 is 11.4. The van der Waals surface area contributed by atoms with Crippen LogP contribution in [0.1, 0.15) is 15.9 Å². The Kier molecular flexibility index (Phi) is 4.85. The third kappa shape index (κ3) is 3.55. The highest BCUT2D eigenvalue weighted by Crippen LogP contribution is 2.30. The molecule has 0 aliphatic rings. The predicted molar refractivity (Wildman–Crippen MR) is 86.4 cm³/mol. The van der Waals surface area contributed by atoms with Crippen LogP contribution in [0.2, 0.25) is 0 Å². The maximum atomic E-state index is 12.4. The van der Waals surface area contributed by atoms with Crippen molar-refractivity contribution in [2.75, 3.05) is 19.5 Å². The van der Waals surface area contributed by atoms with Crippen molar-refractivity contribution in [3.8, 4) is 11.5 Å². The van der Waals surface area contributed by atoms with Crippen LogP contribution in [0.4, 0.5) is 5.69 Å². The second-order valence-electron chi connectivity index (χ2n) is 4.48. The first kappa shape index (κ1) is 15.4. The molecular formula is C16H16BrNO3. The van der Waals surface area contributed by atoms with Gasteiger partial charge in [-0.25, -0.2) is 0 Å². The van der Waals surface area contributed by atoms with Crippen LogP contribution in [0, 0.1) is 6.92 Å². The Labute approximate surface area is 132 Å². The van der Waals surface area contributed by atoms with Crippen LogP contribution in [0.5, 0.6) is 11.5 Å². The van der Waals surface area contributed by atoms with E-state index < -0.39 is 0 Å². The smallest absolute Gasteiger partial charge is 0.256 e. The molecule has 21 heavy (non-hydrogen) atoms. The van der Waals surface area contributed by atoms with Gasteiger partial charge >= 0.3 is 0 Å². The van der Waals surface area contributed by atoms with E-state index in [0.29, 0.717) is 17.1 Å². The molecule has 0 bridgehead atoms. The van der Waals surface area contributed by atoms with Gasteiger partial charge in [0, 0.05) is 15.7 Å². The van der Waals surface area contributed by atoms with Crippen molar-refractivity contribution in [2.45, 2.75) is 6.92 Å². The SMILES string of the molecule is COc1cc(C)c(C(=O)Nc2ccc(Br)cc2)cc1OC. The van der Waals surface area contributed by atoms with Crippen molar-refractivity contribution in [1.29, 1.82) is 0 Å². The average Bonchev–Trinajstić information content (AvgIpc) is 2.49. The fraction of sp³-hybridized carbons (Fsp3) is 0.188. The van der Waals surface area contributed by atoms with Crippen LogP contribution >= 0.6 is 15.9 Å². The van der Waals surface area contributed by atoms with Gasteiger partial charge in [0.1, 0.15) is 0 Å². The number of ether oxygens (including phenoxy) is 2. The minimum atomic E-state index is -0.184. The lowest BCUT2D eigenvalue weighted by Crippen LogP contribution is -2.13. The highest BCUT2D eigenvalue weighted by molar-refractivity contribution is 9.10. The summed E-state index contributed by atoms with van der Waals surface area (Å²) in [5, 5.41) is 2.86. The van der Waals surface area contributed by atoms with E-state index in [1.165, 1.54) is 0 Å². The van der Waals surface area contributed by atoms with Gasteiger partial charge < -0.3 is 14.8 Å². The van der Waals surface area contributed by atoms with Crippen molar-refractivity contribution in [3.63, 3.8) is 0 Å². The van der Waals surface area contributed by atoms with Crippen molar-refractivity contribution in [3.05, 3.63) is 52.0 Å². The third-order valence-corrected chi connectivity index (χ3v) is 3.61. The fourth-order valence-corrected chi connectivity index (χ4v) is 2.22. The molecule has 0 fully saturated rings. The minimum absolute atomic E-state index is 0.184. The van der Waals surface area contributed by atoms with Gasteiger partial charge in [-0.2, -0.15) is 0 Å². The molecule has 5 heteroatoms. The van der Waals surface area contributed by atoms with Crippen molar-refractivity contribution >= 4 is 27.5 Å². The molecule has 0 atom stereocenters. The molecule has 0 saturated carbocycles. The van der Waals surface area contributed by atoms with E-state index in [1.54, 1.807) is 26.4 Å². The van der Waals surface area contributed by atoms with Crippen LogP contribution in [-0.2, 0) is 0 Å². The largest absolute Gasteiger partial charge is 0.493 e. The van der Waals surface area contributed by atoms with Crippen LogP contribution in [-0.4, -0.2) is 20.1 Å². The summed E-state index contributed by atoms with van der Waals surface area (Å²) >= 11 is 3.36. The molecule has 1 amide bonds. The number of hydrogen-bond donors (Lipinski definition) is 1. The first-order chi connectivity index (χ1) is 10.0. The van der Waals surface area contributed by atoms with Crippen LogP contribution < -0.4 is 14.8 Å². The highest BCUT2D eigenvalue weighted by atomic mass is 79.9. The Bertz CT molecular complexity index is 653. The zero-order valence-electron chi connectivity index (χ0n) is 12.1. The molecule has 1 N–H and O–H groups in total. The number of methoxy groups -OCH3 is 2. The van der Waals surface area contributed by atoms with Crippen molar-refractivity contribution < 1.29 is 14.3 Å². The second kappa shape index (κ2) is 6.63. The topological polar surface area (TPSA) is 47.6 Å². The number of nitrogens with one attached hydrogen (secondary N) is 1. The summed E-state index contributed by atoms with van der Waals surface area (Å²) in [6.45, 7) is 1.86. The van der Waals surface area contributed by atoms with Crippen LogP contribution in [0.3, 0.4) is 0 Å². The number of rotatable bonds is 4. The molecule has 110 valence electrons. The molecule has 0 saturated heterocycles. The number of halogens is 1. The standard InChI is InChI=1S/C16H16BrNO3/c1-10-8-14(20-2)15(21-3)9-13(10)16(19)18-12-6-4-11(17)5-7-12/h4-9H,1-3H3,(H,18,19). The van der Waals surface area contributed by atoms with Gasteiger partial charge in [0.15, 0.2) is 11.5 Å². The van der Waals surface area contributed by atoms with Gasteiger partial charge in [-0.05, 0) is 48.9 Å². The molecule has 0 radical (unpaired) electrons. The van der Waals surface area contributed by atoms with Crippen molar-refractivity contribution in [2.24, 2.45) is 0 Å². The normalized spacial score (nSPS) is 10.1. The molecule has 0 spiro atoms. The van der Waals surface area contributed by atoms with Crippen LogP contribution in [0.15, 0.2) is 40.9 Å². The zero-order chi connectivity index (χ0) is 15.4. The van der Waals surface area contributed by atoms with Crippen molar-refractivity contribution in [1.82, 2.24) is 0 Å². The Balaban J connectivity index is 2.28. The third-order valence-electron chi connectivity index (χ3n) is 3.08. The molecule has 4 nitrogen and oxygen atoms in total. The van der Waals surface area contributed by atoms with Gasteiger partial charge in [0.25, 0.3) is 5.91 Å². The Morgan fingerprint density at radius 3 is 2.19 bits per heavy atom. The predicted octanol–water partition coefficient (Wildman–Crippen LogP) is 4.03. The number of carbonyl (C=O) groups excluding carboxylic acids is 1. The number of amides is 1. The molecular weight excluding hydrogens is 334 g/mol. The van der Waals surface area contributed by atoms with E-state index >= 15 is 0 Å². The summed E-state index contributed by atoms with van der Waals surface area (Å²) in [6.07, 6.45) is 0. The van der Waals surface area contributed by atoms with E-state index in [0.717, 1.165) is 15.7 Å². The Hall–Kier alpha value is -2.01. The average molecular weight is 350 g/mol. The zero-order valence-corrected chi connectivity index (χ0v) is 13.7. The molecule has 2 aromatic carbocycles. The van der Waals surface area contributed by atoms with Gasteiger partial charge in [-0.1, -0.05) is 15.9 Å². The molecule has 0 aliphatic carbocycles. The fourth-order valence-electron chi connectivity index (χ4n) is 1.96. The molecule has 2 aromatic rings. The molecule has 0 unspecified atom stereocenters. The van der Waals surface area contributed by atoms with Gasteiger partial charge in [0.2, 0.25) is 0 Å². The van der Waals surface area contributed by atoms with Gasteiger partial charge in [0.05, 0.1) is 14.2 Å². The monoisotopic (exact) mass is 349 g/mol. The van der Waals surface area contributed by atoms with Gasteiger partial charge in [-0.15, -0.1) is 0 Å². The Morgan fingerprint density at radius 2 is 1.62 bits per heavy atom. The summed E-state index contributed by atoms with van der Waals surface area (Å²) in [6, 6.07) is 10.9. The quantitative estimate of drug-likeness (QED) is 0.906. The van der Waals surface area contributed by atoms with Gasteiger partial charge in [-0.3, -0.25) is 4.79 Å². The number of carbonyl (C=O) groups is 1. The number of hydrogen-bond acceptors (Lipinski definition) is 3. The summed E-state index contributed by atoms with van der Waals surface area (Å²) in [7, 11) is 3.11. The molecule has 0 aliphatic heterocycles. The lowest BCUT2D eigenvalue weighted by Gasteiger charge is -2.13. The molecule has 0 aromatic heterocycles. The minimum Gasteiger partial charge on any atom is -0.493 e. The lowest BCUT2D eigenvalue weighted by molar-refractivity contribution is 0.102. The van der Waals surface area contributed by atoms with E-state index in [1.807, 2.05) is 31.2 Å². The first-order valence-corrected chi connectivity index (χ1v) is 7.14. The Morgan fingerprint density at radius 1 is 1.05 bits per heavy atom. The second-order valence-corrected chi connectivity index (χ2v) is 5.40. The van der Waals surface area contributed by atoms with E-state index in [9.17, 15) is 4.79 Å². The van der Waals surface area contributed by atoms with E-state index in [4.69, 9.17) is 9.47 Å². The first-order valence-electron chi connectivity index (χ1n) is 6.34. The van der Waals surface area contributed by atoms with E-state index in [2.05, 4.69) is 21.2 Å². The summed E-state index contributed by atoms with van der Waals surface area (Å²) in [5.41, 5.74) is 2.11. The molecule has 2 rings (SSSR count). The highest BCUT2D eigenvalue weighted by Gasteiger charge is 2.14. The van der Waals surface area contributed by atoms with Crippen LogP contribution in [0.25, 0.3) is 0 Å². The maximum absolute atomic E-state index is 12.4. The maximum Gasteiger partial charge on any atom is 0.256 e. The van der Waals surface area contributed by atoms with E-state index in [-0.39, 0.29) is 5.91 Å². The number of benzene rings is 2. The summed E-state index contributed by atoms with van der Waals surface area (Å²) in [5.74, 6) is 0.954. The number of anilines is 1. The summed E-state index contributed by atoms with van der Waals surface area (Å²) in [4.78, 5) is 12.4. The number of aryl methyl sites for hydroxylation is 1. The molecule has 0 heterocycles.